The van der Waals surface area contributed by atoms with Crippen LogP contribution in [0.3, 0.4) is 0 Å². The molecule has 1 aromatic heterocycles. The number of aromatic nitrogens is 2. The van der Waals surface area contributed by atoms with Gasteiger partial charge in [0, 0.05) is 24.7 Å². The Balaban J connectivity index is 1.48. The Hall–Kier alpha value is -3.62. The van der Waals surface area contributed by atoms with Gasteiger partial charge in [-0.2, -0.15) is 18.3 Å². The van der Waals surface area contributed by atoms with E-state index < -0.39 is 23.3 Å². The summed E-state index contributed by atoms with van der Waals surface area (Å²) in [4.78, 5) is 26.7. The molecule has 1 saturated heterocycles. The second-order valence-electron chi connectivity index (χ2n) is 8.06. The smallest absolute Gasteiger partial charge is 0.349 e. The maximum Gasteiger partial charge on any atom is 0.434 e. The summed E-state index contributed by atoms with van der Waals surface area (Å²) in [5, 5.41) is 6.81. The Morgan fingerprint density at radius 1 is 1.00 bits per heavy atom. The van der Waals surface area contributed by atoms with E-state index in [1.807, 2.05) is 13.0 Å². The molecule has 1 N–H and O–H groups in total. The molecule has 0 unspecified atom stereocenters. The van der Waals surface area contributed by atoms with Crippen LogP contribution in [0.25, 0.3) is 5.69 Å². The third-order valence-electron chi connectivity index (χ3n) is 5.70. The highest BCUT2D eigenvalue weighted by Crippen LogP contribution is 2.34. The number of carbonyl (C=O) groups excluding carboxylic acids is 2. The first kappa shape index (κ1) is 22.6. The lowest BCUT2D eigenvalue weighted by Crippen LogP contribution is -2.46. The molecular weight excluding hydrogens is 433 g/mol. The van der Waals surface area contributed by atoms with Crippen molar-refractivity contribution in [2.45, 2.75) is 32.0 Å². The first-order chi connectivity index (χ1) is 15.7. The number of hydrogen-bond acceptors (Lipinski definition) is 3. The third kappa shape index (κ3) is 4.92. The lowest BCUT2D eigenvalue weighted by Gasteiger charge is -2.32. The van der Waals surface area contributed by atoms with Gasteiger partial charge in [-0.05, 0) is 44.0 Å². The second-order valence-corrected chi connectivity index (χ2v) is 8.06. The van der Waals surface area contributed by atoms with E-state index in [9.17, 15) is 22.8 Å². The van der Waals surface area contributed by atoms with Crippen molar-refractivity contribution in [1.82, 2.24) is 20.0 Å². The first-order valence-corrected chi connectivity index (χ1v) is 10.6. The number of amides is 2. The van der Waals surface area contributed by atoms with Crippen molar-refractivity contribution in [3.63, 3.8) is 0 Å². The van der Waals surface area contributed by atoms with Gasteiger partial charge in [0.1, 0.15) is 0 Å². The quantitative estimate of drug-likeness (QED) is 0.639. The Morgan fingerprint density at radius 2 is 1.64 bits per heavy atom. The molecule has 0 spiro atoms. The Labute approximate surface area is 189 Å². The normalized spacial score (nSPS) is 14.8. The van der Waals surface area contributed by atoms with Gasteiger partial charge in [-0.25, -0.2) is 4.68 Å². The predicted molar refractivity (Wildman–Crippen MR) is 116 cm³/mol. The Morgan fingerprint density at radius 3 is 2.24 bits per heavy atom. The summed E-state index contributed by atoms with van der Waals surface area (Å²) in [5.41, 5.74) is 0.104. The van der Waals surface area contributed by atoms with Crippen LogP contribution in [0.5, 0.6) is 0 Å². The van der Waals surface area contributed by atoms with Crippen LogP contribution in [0, 0.1) is 6.92 Å². The molecular formula is C24H23F3N4O2. The number of hydrogen-bond donors (Lipinski definition) is 1. The summed E-state index contributed by atoms with van der Waals surface area (Å²) < 4.78 is 42.5. The van der Waals surface area contributed by atoms with Crippen LogP contribution in [0.1, 0.15) is 44.8 Å². The third-order valence-corrected chi connectivity index (χ3v) is 5.70. The summed E-state index contributed by atoms with van der Waals surface area (Å²) in [6.45, 7) is 2.32. The maximum absolute atomic E-state index is 13.9. The van der Waals surface area contributed by atoms with E-state index in [0.29, 0.717) is 18.4 Å². The molecule has 0 radical (unpaired) electrons. The van der Waals surface area contributed by atoms with Crippen molar-refractivity contribution >= 4 is 11.8 Å². The summed E-state index contributed by atoms with van der Waals surface area (Å²) in [6.07, 6.45) is -2.86. The van der Waals surface area contributed by atoms with Gasteiger partial charge in [0.25, 0.3) is 11.8 Å². The van der Waals surface area contributed by atoms with E-state index in [4.69, 9.17) is 0 Å². The lowest BCUT2D eigenvalue weighted by atomic mass is 10.0. The molecule has 3 aromatic rings. The van der Waals surface area contributed by atoms with Gasteiger partial charge in [0.2, 0.25) is 0 Å². The average Bonchev–Trinajstić information content (AvgIpc) is 3.26. The number of benzene rings is 2. The van der Waals surface area contributed by atoms with Gasteiger partial charge in [-0.1, -0.05) is 35.9 Å². The van der Waals surface area contributed by atoms with Gasteiger partial charge in [0.05, 0.1) is 17.4 Å². The molecule has 0 bridgehead atoms. The number of carbonyl (C=O) groups is 2. The molecule has 2 heterocycles. The number of nitrogens with one attached hydrogen (secondary N) is 1. The predicted octanol–water partition coefficient (Wildman–Crippen LogP) is 4.23. The van der Waals surface area contributed by atoms with Gasteiger partial charge >= 0.3 is 6.18 Å². The van der Waals surface area contributed by atoms with E-state index in [2.05, 4.69) is 10.4 Å². The summed E-state index contributed by atoms with van der Waals surface area (Å²) >= 11 is 0. The minimum Gasteiger partial charge on any atom is -0.349 e. The molecule has 2 aromatic carbocycles. The Kier molecular flexibility index (Phi) is 6.22. The topological polar surface area (TPSA) is 67.2 Å². The zero-order chi connectivity index (χ0) is 23.6. The highest BCUT2D eigenvalue weighted by Gasteiger charge is 2.41. The van der Waals surface area contributed by atoms with Gasteiger partial charge in [-0.15, -0.1) is 0 Å². The van der Waals surface area contributed by atoms with E-state index in [1.165, 1.54) is 17.0 Å². The van der Waals surface area contributed by atoms with Crippen LogP contribution in [0.4, 0.5) is 13.2 Å². The number of piperidine rings is 1. The molecule has 6 nitrogen and oxygen atoms in total. The van der Waals surface area contributed by atoms with Crippen molar-refractivity contribution < 1.29 is 22.8 Å². The Bertz CT molecular complexity index is 1130. The molecule has 0 atom stereocenters. The fraction of sp³-hybridized carbons (Fsp3) is 0.292. The molecule has 1 fully saturated rings. The molecule has 0 aliphatic carbocycles. The van der Waals surface area contributed by atoms with Crippen LogP contribution in [-0.4, -0.2) is 45.6 Å². The van der Waals surface area contributed by atoms with Crippen molar-refractivity contribution in [1.29, 1.82) is 0 Å². The molecule has 4 rings (SSSR count). The zero-order valence-corrected chi connectivity index (χ0v) is 18.0. The van der Waals surface area contributed by atoms with Crippen LogP contribution in [0.2, 0.25) is 0 Å². The monoisotopic (exact) mass is 456 g/mol. The molecule has 1 aliphatic heterocycles. The molecule has 172 valence electrons. The van der Waals surface area contributed by atoms with Crippen LogP contribution in [0.15, 0.2) is 60.8 Å². The molecule has 33 heavy (non-hydrogen) atoms. The number of alkyl halides is 3. The second kappa shape index (κ2) is 9.09. The maximum atomic E-state index is 13.9. The molecule has 0 saturated carbocycles. The van der Waals surface area contributed by atoms with Crippen LogP contribution >= 0.6 is 0 Å². The first-order valence-electron chi connectivity index (χ1n) is 10.6. The highest BCUT2D eigenvalue weighted by molar-refractivity contribution is 5.96. The van der Waals surface area contributed by atoms with E-state index in [0.717, 1.165) is 16.4 Å². The average molecular weight is 456 g/mol. The van der Waals surface area contributed by atoms with E-state index in [-0.39, 0.29) is 30.7 Å². The lowest BCUT2D eigenvalue weighted by molar-refractivity contribution is -0.143. The zero-order valence-electron chi connectivity index (χ0n) is 18.0. The van der Waals surface area contributed by atoms with Crippen LogP contribution in [-0.2, 0) is 6.18 Å². The minimum absolute atomic E-state index is 0.154. The summed E-state index contributed by atoms with van der Waals surface area (Å²) in [6, 6.07) is 15.1. The molecule has 9 heteroatoms. The fourth-order valence-electron chi connectivity index (χ4n) is 3.91. The van der Waals surface area contributed by atoms with E-state index >= 15 is 0 Å². The largest absolute Gasteiger partial charge is 0.434 e. The number of rotatable bonds is 4. The van der Waals surface area contributed by atoms with Crippen molar-refractivity contribution in [3.8, 4) is 5.69 Å². The van der Waals surface area contributed by atoms with Crippen LogP contribution < -0.4 is 5.32 Å². The molecule has 2 amide bonds. The number of likely N-dealkylation sites (tertiary alicyclic amines) is 1. The van der Waals surface area contributed by atoms with Gasteiger partial charge in [0.15, 0.2) is 5.69 Å². The van der Waals surface area contributed by atoms with Gasteiger partial charge < -0.3 is 10.2 Å². The standard InChI is InChI=1S/C24H23F3N4O2/c1-16-7-9-19(10-8-16)31-21(24(25,26)27)20(15-28-31)23(33)30-13-11-18(12-14-30)29-22(32)17-5-3-2-4-6-17/h2-10,15,18H,11-14H2,1H3,(H,29,32). The van der Waals surface area contributed by atoms with Crippen molar-refractivity contribution in [2.75, 3.05) is 13.1 Å². The fourth-order valence-corrected chi connectivity index (χ4v) is 3.91. The SMILES string of the molecule is Cc1ccc(-n2ncc(C(=O)N3CCC(NC(=O)c4ccccc4)CC3)c2C(F)(F)F)cc1. The highest BCUT2D eigenvalue weighted by atomic mass is 19.4. The number of nitrogens with zero attached hydrogens (tertiary/aromatic N) is 3. The van der Waals surface area contributed by atoms with Gasteiger partial charge in [-0.3, -0.25) is 9.59 Å². The number of aryl methyl sites for hydroxylation is 1. The molecule has 1 aliphatic rings. The number of halogens is 3. The summed E-state index contributed by atoms with van der Waals surface area (Å²) in [5.74, 6) is -0.923. The van der Waals surface area contributed by atoms with Crippen molar-refractivity contribution in [2.24, 2.45) is 0 Å². The van der Waals surface area contributed by atoms with E-state index in [1.54, 1.807) is 36.4 Å². The summed E-state index contributed by atoms with van der Waals surface area (Å²) in [7, 11) is 0. The van der Waals surface area contributed by atoms with Crippen molar-refractivity contribution in [3.05, 3.63) is 83.2 Å². The minimum atomic E-state index is -4.76.